The standard InChI is InChI=1S/C12H22F3N/c1-9(2)7-16-8-10-4-3-5-11(6-10)12(13,14)15/h9-11,16H,3-8H2,1-2H3. The predicted octanol–water partition coefficient (Wildman–Crippen LogP) is 3.60. The number of nitrogens with one attached hydrogen (secondary N) is 1. The van der Waals surface area contributed by atoms with Crippen LogP contribution in [0.3, 0.4) is 0 Å². The summed E-state index contributed by atoms with van der Waals surface area (Å²) in [4.78, 5) is 0. The van der Waals surface area contributed by atoms with Gasteiger partial charge in [-0.3, -0.25) is 0 Å². The zero-order valence-corrected chi connectivity index (χ0v) is 10.1. The van der Waals surface area contributed by atoms with Gasteiger partial charge in [0.2, 0.25) is 0 Å². The molecule has 1 fully saturated rings. The first kappa shape index (κ1) is 13.8. The minimum atomic E-state index is -3.99. The van der Waals surface area contributed by atoms with Crippen molar-refractivity contribution < 1.29 is 13.2 Å². The van der Waals surface area contributed by atoms with Crippen LogP contribution in [0.1, 0.15) is 39.5 Å². The van der Waals surface area contributed by atoms with Gasteiger partial charge < -0.3 is 5.32 Å². The third-order valence-corrected chi connectivity index (χ3v) is 3.23. The van der Waals surface area contributed by atoms with E-state index in [-0.39, 0.29) is 5.92 Å². The smallest absolute Gasteiger partial charge is 0.316 e. The summed E-state index contributed by atoms with van der Waals surface area (Å²) in [6.45, 7) is 5.84. The van der Waals surface area contributed by atoms with Crippen molar-refractivity contribution in [2.24, 2.45) is 17.8 Å². The fourth-order valence-electron chi connectivity index (χ4n) is 2.35. The van der Waals surface area contributed by atoms with Crippen LogP contribution >= 0.6 is 0 Å². The monoisotopic (exact) mass is 237 g/mol. The van der Waals surface area contributed by atoms with Crippen molar-refractivity contribution in [3.05, 3.63) is 0 Å². The van der Waals surface area contributed by atoms with Crippen LogP contribution in [0.4, 0.5) is 13.2 Å². The molecule has 0 aromatic carbocycles. The quantitative estimate of drug-likeness (QED) is 0.787. The van der Waals surface area contributed by atoms with Gasteiger partial charge in [-0.05, 0) is 44.2 Å². The number of hydrogen-bond donors (Lipinski definition) is 1. The Morgan fingerprint density at radius 2 is 1.94 bits per heavy atom. The van der Waals surface area contributed by atoms with Crippen LogP contribution in [-0.4, -0.2) is 19.3 Å². The van der Waals surface area contributed by atoms with Crippen molar-refractivity contribution in [2.45, 2.75) is 45.7 Å². The molecular weight excluding hydrogens is 215 g/mol. The van der Waals surface area contributed by atoms with Crippen LogP contribution in [0, 0.1) is 17.8 Å². The summed E-state index contributed by atoms with van der Waals surface area (Å²) in [5, 5.41) is 3.26. The van der Waals surface area contributed by atoms with Gasteiger partial charge in [0.1, 0.15) is 0 Å². The lowest BCUT2D eigenvalue weighted by molar-refractivity contribution is -0.185. The molecule has 1 nitrogen and oxygen atoms in total. The van der Waals surface area contributed by atoms with Gasteiger partial charge in [0.05, 0.1) is 5.92 Å². The minimum absolute atomic E-state index is 0.208. The lowest BCUT2D eigenvalue weighted by atomic mass is 9.81. The van der Waals surface area contributed by atoms with Crippen molar-refractivity contribution in [1.82, 2.24) is 5.32 Å². The fourth-order valence-corrected chi connectivity index (χ4v) is 2.35. The summed E-state index contributed by atoms with van der Waals surface area (Å²) in [7, 11) is 0. The molecule has 0 aliphatic heterocycles. The maximum absolute atomic E-state index is 12.5. The van der Waals surface area contributed by atoms with Crippen LogP contribution in [0.2, 0.25) is 0 Å². The molecule has 1 aliphatic carbocycles. The Morgan fingerprint density at radius 3 is 2.50 bits per heavy atom. The molecule has 1 saturated carbocycles. The van der Waals surface area contributed by atoms with Crippen LogP contribution in [0.15, 0.2) is 0 Å². The van der Waals surface area contributed by atoms with Crippen molar-refractivity contribution in [1.29, 1.82) is 0 Å². The molecule has 0 radical (unpaired) electrons. The van der Waals surface area contributed by atoms with Crippen LogP contribution in [0.5, 0.6) is 0 Å². The van der Waals surface area contributed by atoms with E-state index < -0.39 is 12.1 Å². The first-order chi connectivity index (χ1) is 7.39. The van der Waals surface area contributed by atoms with Crippen molar-refractivity contribution >= 4 is 0 Å². The van der Waals surface area contributed by atoms with Gasteiger partial charge in [-0.1, -0.05) is 20.3 Å². The number of hydrogen-bond acceptors (Lipinski definition) is 1. The third kappa shape index (κ3) is 4.73. The van der Waals surface area contributed by atoms with Crippen molar-refractivity contribution in [3.63, 3.8) is 0 Å². The van der Waals surface area contributed by atoms with Crippen molar-refractivity contribution in [2.75, 3.05) is 13.1 Å². The van der Waals surface area contributed by atoms with E-state index in [1.54, 1.807) is 0 Å². The average Bonchev–Trinajstić information content (AvgIpc) is 2.16. The number of alkyl halides is 3. The molecule has 0 bridgehead atoms. The Hall–Kier alpha value is -0.250. The zero-order valence-electron chi connectivity index (χ0n) is 10.1. The minimum Gasteiger partial charge on any atom is -0.316 e. The lowest BCUT2D eigenvalue weighted by Gasteiger charge is -2.30. The van der Waals surface area contributed by atoms with Gasteiger partial charge >= 0.3 is 6.18 Å². The van der Waals surface area contributed by atoms with Gasteiger partial charge in [-0.25, -0.2) is 0 Å². The summed E-state index contributed by atoms with van der Waals surface area (Å²) in [6, 6.07) is 0. The topological polar surface area (TPSA) is 12.0 Å². The normalized spacial score (nSPS) is 27.4. The molecule has 4 heteroatoms. The van der Waals surface area contributed by atoms with E-state index in [9.17, 15) is 13.2 Å². The zero-order chi connectivity index (χ0) is 12.2. The van der Waals surface area contributed by atoms with E-state index in [2.05, 4.69) is 19.2 Å². The van der Waals surface area contributed by atoms with Crippen LogP contribution in [0.25, 0.3) is 0 Å². The summed E-state index contributed by atoms with van der Waals surface area (Å²) < 4.78 is 37.6. The van der Waals surface area contributed by atoms with E-state index in [1.807, 2.05) is 0 Å². The fraction of sp³-hybridized carbons (Fsp3) is 1.00. The van der Waals surface area contributed by atoms with E-state index in [1.165, 1.54) is 0 Å². The molecule has 0 aromatic heterocycles. The van der Waals surface area contributed by atoms with Gasteiger partial charge in [-0.2, -0.15) is 13.2 Å². The lowest BCUT2D eigenvalue weighted by Crippen LogP contribution is -2.34. The Kier molecular flexibility index (Phi) is 5.09. The highest BCUT2D eigenvalue weighted by atomic mass is 19.4. The van der Waals surface area contributed by atoms with Gasteiger partial charge in [0.25, 0.3) is 0 Å². The second-order valence-electron chi connectivity index (χ2n) is 5.32. The van der Waals surface area contributed by atoms with E-state index in [0.29, 0.717) is 18.8 Å². The molecular formula is C12H22F3N. The van der Waals surface area contributed by atoms with E-state index in [4.69, 9.17) is 0 Å². The Balaban J connectivity index is 2.28. The van der Waals surface area contributed by atoms with Crippen LogP contribution < -0.4 is 5.32 Å². The SMILES string of the molecule is CC(C)CNCC1CCCC(C(F)(F)F)C1. The average molecular weight is 237 g/mol. The van der Waals surface area contributed by atoms with Crippen LogP contribution in [-0.2, 0) is 0 Å². The largest absolute Gasteiger partial charge is 0.391 e. The molecule has 96 valence electrons. The van der Waals surface area contributed by atoms with Gasteiger partial charge in [0, 0.05) is 0 Å². The molecule has 0 amide bonds. The Labute approximate surface area is 95.8 Å². The predicted molar refractivity (Wildman–Crippen MR) is 59.2 cm³/mol. The van der Waals surface area contributed by atoms with E-state index >= 15 is 0 Å². The van der Waals surface area contributed by atoms with E-state index in [0.717, 1.165) is 25.9 Å². The first-order valence-corrected chi connectivity index (χ1v) is 6.17. The third-order valence-electron chi connectivity index (χ3n) is 3.23. The molecule has 0 aromatic rings. The highest BCUT2D eigenvalue weighted by Gasteiger charge is 2.41. The molecule has 1 N–H and O–H groups in total. The van der Waals surface area contributed by atoms with Crippen molar-refractivity contribution in [3.8, 4) is 0 Å². The summed E-state index contributed by atoms with van der Waals surface area (Å²) >= 11 is 0. The molecule has 2 unspecified atom stereocenters. The van der Waals surface area contributed by atoms with Gasteiger partial charge in [0.15, 0.2) is 0 Å². The Bertz CT molecular complexity index is 201. The molecule has 0 spiro atoms. The molecule has 1 rings (SSSR count). The maximum atomic E-state index is 12.5. The highest BCUT2D eigenvalue weighted by Crippen LogP contribution is 2.39. The molecule has 0 saturated heterocycles. The second kappa shape index (κ2) is 5.89. The number of rotatable bonds is 4. The highest BCUT2D eigenvalue weighted by molar-refractivity contribution is 4.79. The molecule has 0 heterocycles. The number of halogens is 3. The summed E-state index contributed by atoms with van der Waals surface area (Å²) in [6.07, 6.45) is -1.69. The first-order valence-electron chi connectivity index (χ1n) is 6.17. The van der Waals surface area contributed by atoms with Gasteiger partial charge in [-0.15, -0.1) is 0 Å². The maximum Gasteiger partial charge on any atom is 0.391 e. The summed E-state index contributed by atoms with van der Waals surface area (Å²) in [5.41, 5.74) is 0. The summed E-state index contributed by atoms with van der Waals surface area (Å²) in [5.74, 6) is -0.298. The Morgan fingerprint density at radius 1 is 1.25 bits per heavy atom. The molecule has 16 heavy (non-hydrogen) atoms. The second-order valence-corrected chi connectivity index (χ2v) is 5.32. The molecule has 2 atom stereocenters. The molecule has 1 aliphatic rings.